The molecule has 4 heterocycles. The third kappa shape index (κ3) is 4.46. The van der Waals surface area contributed by atoms with Gasteiger partial charge in [-0.3, -0.25) is 14.3 Å². The second-order valence-corrected chi connectivity index (χ2v) is 11.2. The molecule has 1 fully saturated rings. The molecule has 2 amide bonds. The van der Waals surface area contributed by atoms with Crippen LogP contribution < -0.4 is 5.32 Å². The number of aliphatic imine (C=N–C) groups is 1. The van der Waals surface area contributed by atoms with Gasteiger partial charge in [0.2, 0.25) is 5.91 Å². The van der Waals surface area contributed by atoms with Crippen LogP contribution in [0.4, 0.5) is 0 Å². The average molecular weight is 522 g/mol. The van der Waals surface area contributed by atoms with Crippen molar-refractivity contribution in [3.63, 3.8) is 0 Å². The van der Waals surface area contributed by atoms with E-state index in [1.165, 1.54) is 0 Å². The van der Waals surface area contributed by atoms with Crippen LogP contribution >= 0.6 is 11.3 Å². The van der Waals surface area contributed by atoms with E-state index in [0.717, 1.165) is 21.7 Å². The van der Waals surface area contributed by atoms with Gasteiger partial charge in [0.05, 0.1) is 39.8 Å². The monoisotopic (exact) mass is 521 g/mol. The molecule has 4 atom stereocenters. The summed E-state index contributed by atoms with van der Waals surface area (Å²) in [6, 6.07) is 7.28. The molecule has 1 aromatic carbocycles. The number of rotatable bonds is 6. The Balaban J connectivity index is 1.39. The molecule has 11 heteroatoms. The van der Waals surface area contributed by atoms with Crippen molar-refractivity contribution in [2.45, 2.75) is 57.7 Å². The van der Waals surface area contributed by atoms with E-state index in [2.05, 4.69) is 25.6 Å². The Kier molecular flexibility index (Phi) is 6.45. The molecule has 0 aliphatic carbocycles. The first kappa shape index (κ1) is 25.2. The molecule has 194 valence electrons. The number of thiazole rings is 1. The van der Waals surface area contributed by atoms with E-state index in [9.17, 15) is 14.7 Å². The van der Waals surface area contributed by atoms with Crippen LogP contribution in [0.5, 0.6) is 0 Å². The van der Waals surface area contributed by atoms with E-state index >= 15 is 0 Å². The van der Waals surface area contributed by atoms with Gasteiger partial charge in [-0.1, -0.05) is 43.3 Å². The fourth-order valence-corrected chi connectivity index (χ4v) is 6.01. The summed E-state index contributed by atoms with van der Waals surface area (Å²) < 4.78 is 1.57. The number of hydrogen-bond acceptors (Lipinski definition) is 8. The Morgan fingerprint density at radius 3 is 2.59 bits per heavy atom. The van der Waals surface area contributed by atoms with Crippen molar-refractivity contribution in [1.82, 2.24) is 30.2 Å². The van der Waals surface area contributed by atoms with Gasteiger partial charge in [0.1, 0.15) is 11.4 Å². The Morgan fingerprint density at radius 2 is 2.00 bits per heavy atom. The first-order valence-corrected chi connectivity index (χ1v) is 13.2. The predicted molar refractivity (Wildman–Crippen MR) is 140 cm³/mol. The molecular weight excluding hydrogens is 490 g/mol. The van der Waals surface area contributed by atoms with Crippen molar-refractivity contribution >= 4 is 29.0 Å². The zero-order valence-electron chi connectivity index (χ0n) is 21.5. The second kappa shape index (κ2) is 9.46. The summed E-state index contributed by atoms with van der Waals surface area (Å²) in [6.45, 7) is 7.86. The Labute approximate surface area is 219 Å². The molecule has 0 bridgehead atoms. The maximum Gasteiger partial charge on any atom is 0.277 e. The van der Waals surface area contributed by atoms with Gasteiger partial charge in [-0.05, 0) is 30.9 Å². The first-order valence-electron chi connectivity index (χ1n) is 12.4. The van der Waals surface area contributed by atoms with Gasteiger partial charge < -0.3 is 15.3 Å². The number of aryl methyl sites for hydroxylation is 2. The highest BCUT2D eigenvalue weighted by Crippen LogP contribution is 2.34. The highest BCUT2D eigenvalue weighted by molar-refractivity contribution is 7.13. The number of aromatic nitrogens is 4. The molecular formula is C26H31N7O3S. The van der Waals surface area contributed by atoms with Gasteiger partial charge in [0.15, 0.2) is 0 Å². The van der Waals surface area contributed by atoms with Gasteiger partial charge in [0, 0.05) is 26.2 Å². The van der Waals surface area contributed by atoms with E-state index < -0.39 is 23.6 Å². The smallest absolute Gasteiger partial charge is 0.277 e. The van der Waals surface area contributed by atoms with E-state index in [4.69, 9.17) is 0 Å². The van der Waals surface area contributed by atoms with Crippen LogP contribution in [0.1, 0.15) is 50.1 Å². The van der Waals surface area contributed by atoms with E-state index in [-0.39, 0.29) is 24.3 Å². The van der Waals surface area contributed by atoms with Gasteiger partial charge in [-0.2, -0.15) is 4.99 Å². The van der Waals surface area contributed by atoms with Crippen molar-refractivity contribution < 1.29 is 14.7 Å². The molecule has 0 saturated carbocycles. The number of amides is 2. The summed E-state index contributed by atoms with van der Waals surface area (Å²) in [7, 11) is 1.76. The fourth-order valence-electron chi connectivity index (χ4n) is 5.20. The van der Waals surface area contributed by atoms with Crippen molar-refractivity contribution in [1.29, 1.82) is 0 Å². The van der Waals surface area contributed by atoms with Gasteiger partial charge in [-0.15, -0.1) is 16.4 Å². The quantitative estimate of drug-likeness (QED) is 0.510. The predicted octanol–water partition coefficient (Wildman–Crippen LogP) is 2.39. The minimum absolute atomic E-state index is 0.0336. The normalized spacial score (nSPS) is 24.5. The van der Waals surface area contributed by atoms with Crippen molar-refractivity contribution in [3.05, 3.63) is 52.9 Å². The lowest BCUT2D eigenvalue weighted by Gasteiger charge is -2.31. The highest BCUT2D eigenvalue weighted by Gasteiger charge is 2.48. The van der Waals surface area contributed by atoms with Gasteiger partial charge >= 0.3 is 0 Å². The SMILES string of the molecule is Cc1ncsc1-c1ccc([C@]2(C)NC([C@H]3C[C@@H](O)CN3C(=O)[C@@H](c3cn(C)nn3)C(C)C)=NC2=O)cc1. The molecule has 2 N–H and O–H groups in total. The largest absolute Gasteiger partial charge is 0.391 e. The average Bonchev–Trinajstić information content (AvgIpc) is 3.62. The second-order valence-electron chi connectivity index (χ2n) is 10.3. The van der Waals surface area contributed by atoms with Crippen LogP contribution in [0.2, 0.25) is 0 Å². The van der Waals surface area contributed by atoms with Crippen LogP contribution in [-0.2, 0) is 22.2 Å². The number of nitrogens with zero attached hydrogens (tertiary/aromatic N) is 6. The van der Waals surface area contributed by atoms with Crippen LogP contribution in [0, 0.1) is 12.8 Å². The molecule has 10 nitrogen and oxygen atoms in total. The number of carbonyl (C=O) groups excluding carboxylic acids is 2. The summed E-state index contributed by atoms with van der Waals surface area (Å²) >= 11 is 1.58. The summed E-state index contributed by atoms with van der Waals surface area (Å²) in [5.41, 5.74) is 4.12. The number of nitrogens with one attached hydrogen (secondary N) is 1. The number of β-amino-alcohol motifs (C(OH)–C–C–N with tert-alkyl or cyclic N) is 1. The van der Waals surface area contributed by atoms with Crippen molar-refractivity contribution in [3.8, 4) is 10.4 Å². The summed E-state index contributed by atoms with van der Waals surface area (Å²) in [6.07, 6.45) is 1.33. The lowest BCUT2D eigenvalue weighted by atomic mass is 9.90. The third-order valence-corrected chi connectivity index (χ3v) is 8.22. The van der Waals surface area contributed by atoms with E-state index in [1.807, 2.05) is 50.5 Å². The number of aliphatic hydroxyl groups is 1. The topological polar surface area (TPSA) is 126 Å². The highest BCUT2D eigenvalue weighted by atomic mass is 32.1. The molecule has 2 aliphatic rings. The number of carbonyl (C=O) groups is 2. The molecule has 0 spiro atoms. The number of aliphatic hydroxyl groups excluding tert-OH is 1. The zero-order valence-corrected chi connectivity index (χ0v) is 22.4. The Morgan fingerprint density at radius 1 is 1.27 bits per heavy atom. The molecule has 3 aromatic rings. The minimum atomic E-state index is -1.07. The summed E-state index contributed by atoms with van der Waals surface area (Å²) in [5.74, 6) is -0.636. The molecule has 1 saturated heterocycles. The molecule has 0 radical (unpaired) electrons. The van der Waals surface area contributed by atoms with Crippen LogP contribution in [0.15, 0.2) is 41.0 Å². The summed E-state index contributed by atoms with van der Waals surface area (Å²) in [5, 5.41) is 22.0. The first-order chi connectivity index (χ1) is 17.6. The number of likely N-dealkylation sites (tertiary alicyclic amines) is 1. The maximum absolute atomic E-state index is 13.8. The minimum Gasteiger partial charge on any atom is -0.391 e. The van der Waals surface area contributed by atoms with Crippen molar-refractivity contribution in [2.24, 2.45) is 18.0 Å². The lowest BCUT2D eigenvalue weighted by molar-refractivity contribution is -0.134. The standard InChI is InChI=1S/C26H31N7O3S/c1-14(2)21(19-12-32(5)31-30-19)24(35)33-11-18(34)10-20(33)23-28-25(36)26(4,29-23)17-8-6-16(7-9-17)22-15(3)27-13-37-22/h6-9,12-14,18,20-21,34H,10-11H2,1-5H3,(H,28,29,36)/t18-,20-,21-,26+/m1/s1. The third-order valence-electron chi connectivity index (χ3n) is 7.25. The maximum atomic E-state index is 13.8. The van der Waals surface area contributed by atoms with E-state index in [0.29, 0.717) is 18.0 Å². The van der Waals surface area contributed by atoms with Crippen LogP contribution in [0.3, 0.4) is 0 Å². The molecule has 2 aliphatic heterocycles. The molecule has 0 unspecified atom stereocenters. The Hall–Kier alpha value is -3.44. The molecule has 37 heavy (non-hydrogen) atoms. The number of hydrogen-bond donors (Lipinski definition) is 2. The van der Waals surface area contributed by atoms with E-state index in [1.54, 1.807) is 41.1 Å². The lowest BCUT2D eigenvalue weighted by Crippen LogP contribution is -2.51. The summed E-state index contributed by atoms with van der Waals surface area (Å²) in [4.78, 5) is 38.4. The number of amidine groups is 1. The van der Waals surface area contributed by atoms with Crippen LogP contribution in [0.25, 0.3) is 10.4 Å². The zero-order chi connectivity index (χ0) is 26.5. The van der Waals surface area contributed by atoms with Crippen LogP contribution in [-0.4, -0.2) is 66.3 Å². The van der Waals surface area contributed by atoms with Gasteiger partial charge in [-0.25, -0.2) is 4.98 Å². The Bertz CT molecular complexity index is 1360. The molecule has 5 rings (SSSR count). The van der Waals surface area contributed by atoms with Gasteiger partial charge in [0.25, 0.3) is 5.91 Å². The fraction of sp³-hybridized carbons (Fsp3) is 0.462. The molecule has 2 aromatic heterocycles. The van der Waals surface area contributed by atoms with Crippen molar-refractivity contribution in [2.75, 3.05) is 6.54 Å². The number of benzene rings is 1.